The molecule has 98 valence electrons. The fraction of sp³-hybridized carbons (Fsp3) is 0.133. The van der Waals surface area contributed by atoms with Crippen molar-refractivity contribution in [3.63, 3.8) is 0 Å². The quantitative estimate of drug-likeness (QED) is 0.758. The fourth-order valence-corrected chi connectivity index (χ4v) is 1.65. The summed E-state index contributed by atoms with van der Waals surface area (Å²) in [7, 11) is 0. The second kappa shape index (κ2) is 4.88. The largest absolute Gasteiger partial charge is 0.416 e. The van der Waals surface area contributed by atoms with Gasteiger partial charge in [0.1, 0.15) is 0 Å². The minimum Gasteiger partial charge on any atom is -0.256 e. The molecule has 0 amide bonds. The van der Waals surface area contributed by atoms with Crippen LogP contribution in [0.3, 0.4) is 0 Å². The first-order chi connectivity index (χ1) is 8.88. The van der Waals surface area contributed by atoms with Crippen LogP contribution in [-0.2, 0) is 6.18 Å². The number of hydrogen-bond donors (Lipinski definition) is 0. The Labute approximate surface area is 109 Å². The summed E-state index contributed by atoms with van der Waals surface area (Å²) in [6.07, 6.45) is -2.65. The van der Waals surface area contributed by atoms with E-state index < -0.39 is 11.7 Å². The Morgan fingerprint density at radius 3 is 2.11 bits per heavy atom. The first-order valence-corrected chi connectivity index (χ1v) is 5.67. The number of allylic oxidation sites excluding steroid dienone is 1. The second-order valence-electron chi connectivity index (χ2n) is 4.29. The highest BCUT2D eigenvalue weighted by Crippen LogP contribution is 2.30. The van der Waals surface area contributed by atoms with Gasteiger partial charge in [-0.05, 0) is 36.3 Å². The summed E-state index contributed by atoms with van der Waals surface area (Å²) in [5.74, 6) is 0. The molecule has 19 heavy (non-hydrogen) atoms. The van der Waals surface area contributed by atoms with Gasteiger partial charge in [-0.2, -0.15) is 13.2 Å². The summed E-state index contributed by atoms with van der Waals surface area (Å²) in [6.45, 7) is 5.67. The Kier molecular flexibility index (Phi) is 3.42. The smallest absolute Gasteiger partial charge is 0.256 e. The monoisotopic (exact) mass is 263 g/mol. The predicted octanol–water partition coefficient (Wildman–Crippen LogP) is 4.80. The van der Waals surface area contributed by atoms with Crippen molar-refractivity contribution < 1.29 is 13.2 Å². The maximum absolute atomic E-state index is 12.4. The maximum atomic E-state index is 12.4. The first-order valence-electron chi connectivity index (χ1n) is 5.67. The molecule has 0 radical (unpaired) electrons. The van der Waals surface area contributed by atoms with Crippen LogP contribution in [0, 0.1) is 0 Å². The zero-order valence-corrected chi connectivity index (χ0v) is 10.3. The summed E-state index contributed by atoms with van der Waals surface area (Å²) >= 11 is 0. The summed E-state index contributed by atoms with van der Waals surface area (Å²) < 4.78 is 37.3. The number of rotatable bonds is 2. The Hall–Kier alpha value is -2.10. The highest BCUT2D eigenvalue weighted by molar-refractivity contribution is 5.65. The fourth-order valence-electron chi connectivity index (χ4n) is 1.65. The van der Waals surface area contributed by atoms with E-state index in [2.05, 4.69) is 11.6 Å². The van der Waals surface area contributed by atoms with Crippen molar-refractivity contribution >= 4 is 5.57 Å². The molecular weight excluding hydrogens is 251 g/mol. The average Bonchev–Trinajstić information content (AvgIpc) is 2.38. The van der Waals surface area contributed by atoms with Gasteiger partial charge < -0.3 is 0 Å². The Balaban J connectivity index is 2.30. The zero-order chi connectivity index (χ0) is 14.0. The zero-order valence-electron chi connectivity index (χ0n) is 10.3. The van der Waals surface area contributed by atoms with E-state index in [9.17, 15) is 13.2 Å². The lowest BCUT2D eigenvalue weighted by Crippen LogP contribution is -2.04. The van der Waals surface area contributed by atoms with Crippen LogP contribution in [0.15, 0.2) is 49.2 Å². The van der Waals surface area contributed by atoms with Gasteiger partial charge >= 0.3 is 6.18 Å². The van der Waals surface area contributed by atoms with Crippen LogP contribution in [0.25, 0.3) is 16.8 Å². The van der Waals surface area contributed by atoms with Gasteiger partial charge in [-0.3, -0.25) is 4.98 Å². The molecule has 0 atom stereocenters. The van der Waals surface area contributed by atoms with Crippen LogP contribution in [-0.4, -0.2) is 4.98 Å². The third-order valence-corrected chi connectivity index (χ3v) is 2.76. The molecule has 2 rings (SSSR count). The lowest BCUT2D eigenvalue weighted by Gasteiger charge is -2.07. The Morgan fingerprint density at radius 2 is 1.68 bits per heavy atom. The SMILES string of the molecule is C=C(C)c1ccc(-c2ccc(C(F)(F)F)cc2)nc1. The normalized spacial score (nSPS) is 11.4. The van der Waals surface area contributed by atoms with E-state index in [4.69, 9.17) is 0 Å². The van der Waals surface area contributed by atoms with Gasteiger partial charge in [0.05, 0.1) is 11.3 Å². The summed E-state index contributed by atoms with van der Waals surface area (Å²) in [6, 6.07) is 8.58. The molecule has 1 nitrogen and oxygen atoms in total. The van der Waals surface area contributed by atoms with Crippen LogP contribution in [0.1, 0.15) is 18.1 Å². The van der Waals surface area contributed by atoms with Gasteiger partial charge in [-0.1, -0.05) is 24.8 Å². The molecule has 2 aromatic rings. The minimum absolute atomic E-state index is 0.638. The molecule has 0 fully saturated rings. The van der Waals surface area contributed by atoms with E-state index in [0.29, 0.717) is 11.3 Å². The van der Waals surface area contributed by atoms with Crippen molar-refractivity contribution in [2.45, 2.75) is 13.1 Å². The van der Waals surface area contributed by atoms with Crippen LogP contribution in [0.5, 0.6) is 0 Å². The van der Waals surface area contributed by atoms with Crippen molar-refractivity contribution in [1.29, 1.82) is 0 Å². The van der Waals surface area contributed by atoms with Crippen molar-refractivity contribution in [2.24, 2.45) is 0 Å². The number of pyridine rings is 1. The van der Waals surface area contributed by atoms with Crippen LogP contribution >= 0.6 is 0 Å². The molecule has 4 heteroatoms. The second-order valence-corrected chi connectivity index (χ2v) is 4.29. The maximum Gasteiger partial charge on any atom is 0.416 e. The molecule has 0 bridgehead atoms. The van der Waals surface area contributed by atoms with E-state index in [1.54, 1.807) is 12.3 Å². The number of halogens is 3. The molecular formula is C15H12F3N. The van der Waals surface area contributed by atoms with Crippen LogP contribution < -0.4 is 0 Å². The van der Waals surface area contributed by atoms with E-state index in [0.717, 1.165) is 23.3 Å². The summed E-state index contributed by atoms with van der Waals surface area (Å²) in [5, 5.41) is 0. The predicted molar refractivity (Wildman–Crippen MR) is 69.4 cm³/mol. The van der Waals surface area contributed by atoms with Crippen molar-refractivity contribution in [1.82, 2.24) is 4.98 Å². The molecule has 1 aromatic heterocycles. The molecule has 0 aliphatic carbocycles. The molecule has 0 N–H and O–H groups in total. The number of alkyl halides is 3. The van der Waals surface area contributed by atoms with Crippen molar-refractivity contribution in [2.75, 3.05) is 0 Å². The third-order valence-electron chi connectivity index (χ3n) is 2.76. The number of hydrogen-bond acceptors (Lipinski definition) is 1. The Morgan fingerprint density at radius 1 is 1.05 bits per heavy atom. The molecule has 1 aromatic carbocycles. The molecule has 0 saturated carbocycles. The summed E-state index contributed by atoms with van der Waals surface area (Å²) in [4.78, 5) is 4.22. The lowest BCUT2D eigenvalue weighted by atomic mass is 10.1. The van der Waals surface area contributed by atoms with E-state index >= 15 is 0 Å². The lowest BCUT2D eigenvalue weighted by molar-refractivity contribution is -0.137. The van der Waals surface area contributed by atoms with Crippen molar-refractivity contribution in [3.05, 3.63) is 60.3 Å². The van der Waals surface area contributed by atoms with Gasteiger partial charge in [0.15, 0.2) is 0 Å². The van der Waals surface area contributed by atoms with E-state index in [1.165, 1.54) is 12.1 Å². The first kappa shape index (κ1) is 13.3. The van der Waals surface area contributed by atoms with E-state index in [1.807, 2.05) is 13.0 Å². The average molecular weight is 263 g/mol. The molecule has 0 aliphatic heterocycles. The molecule has 1 heterocycles. The van der Waals surface area contributed by atoms with Crippen molar-refractivity contribution in [3.8, 4) is 11.3 Å². The Bertz CT molecular complexity index is 580. The molecule has 0 saturated heterocycles. The summed E-state index contributed by atoms with van der Waals surface area (Å²) in [5.41, 5.74) is 2.44. The van der Waals surface area contributed by atoms with E-state index in [-0.39, 0.29) is 0 Å². The van der Waals surface area contributed by atoms with Gasteiger partial charge in [0.2, 0.25) is 0 Å². The molecule has 0 spiro atoms. The molecule has 0 aliphatic rings. The highest BCUT2D eigenvalue weighted by atomic mass is 19.4. The topological polar surface area (TPSA) is 12.9 Å². The number of aromatic nitrogens is 1. The van der Waals surface area contributed by atoms with Gasteiger partial charge in [0, 0.05) is 11.8 Å². The van der Waals surface area contributed by atoms with Gasteiger partial charge in [0.25, 0.3) is 0 Å². The van der Waals surface area contributed by atoms with Crippen LogP contribution in [0.2, 0.25) is 0 Å². The van der Waals surface area contributed by atoms with Crippen LogP contribution in [0.4, 0.5) is 13.2 Å². The molecule has 0 unspecified atom stereocenters. The highest BCUT2D eigenvalue weighted by Gasteiger charge is 2.29. The van der Waals surface area contributed by atoms with Gasteiger partial charge in [-0.25, -0.2) is 0 Å². The van der Waals surface area contributed by atoms with Gasteiger partial charge in [-0.15, -0.1) is 0 Å². The standard InChI is InChI=1S/C15H12F3N/c1-10(2)12-5-8-14(19-9-12)11-3-6-13(7-4-11)15(16,17)18/h3-9H,1H2,2H3. The number of nitrogens with zero attached hydrogens (tertiary/aromatic N) is 1. The number of benzene rings is 1. The minimum atomic E-state index is -4.31. The third kappa shape index (κ3) is 3.02.